The fraction of sp³-hybridized carbons (Fsp3) is 0.214. The predicted molar refractivity (Wildman–Crippen MR) is 78.5 cm³/mol. The number of rotatable bonds is 4. The number of halogens is 2. The molecular weight excluding hydrogens is 330 g/mol. The molecule has 1 atom stereocenters. The highest BCUT2D eigenvalue weighted by molar-refractivity contribution is 9.10. The summed E-state index contributed by atoms with van der Waals surface area (Å²) in [6, 6.07) is 9.59. The summed E-state index contributed by atoms with van der Waals surface area (Å²) in [4.78, 5) is 11.9. The average molecular weight is 343 g/mol. The lowest BCUT2D eigenvalue weighted by atomic mass is 10.1. The van der Waals surface area contributed by atoms with Crippen LogP contribution < -0.4 is 5.32 Å². The Bertz CT molecular complexity index is 565. The molecule has 0 aliphatic rings. The van der Waals surface area contributed by atoms with Crippen molar-refractivity contribution in [1.82, 2.24) is 5.32 Å². The summed E-state index contributed by atoms with van der Waals surface area (Å²) in [5.41, 5.74) is 1.53. The molecule has 1 aromatic heterocycles. The Morgan fingerprint density at radius 2 is 2.05 bits per heavy atom. The molecule has 1 heterocycles. The third-order valence-corrected chi connectivity index (χ3v) is 3.52. The topological polar surface area (TPSA) is 42.2 Å². The van der Waals surface area contributed by atoms with Crippen molar-refractivity contribution < 1.29 is 9.21 Å². The number of furan rings is 1. The number of carbonyl (C=O) groups excluding carboxylic acids is 1. The molecule has 0 saturated heterocycles. The van der Waals surface area contributed by atoms with Crippen molar-refractivity contribution in [3.05, 3.63) is 57.4 Å². The van der Waals surface area contributed by atoms with Crippen molar-refractivity contribution in [3.8, 4) is 0 Å². The highest BCUT2D eigenvalue weighted by Gasteiger charge is 2.15. The summed E-state index contributed by atoms with van der Waals surface area (Å²) in [6.45, 7) is 1.95. The Morgan fingerprint density at radius 1 is 1.37 bits per heavy atom. The second-order valence-corrected chi connectivity index (χ2v) is 5.57. The van der Waals surface area contributed by atoms with E-state index in [1.165, 1.54) is 6.26 Å². The lowest BCUT2D eigenvalue weighted by molar-refractivity contribution is 0.0939. The molecule has 1 aromatic carbocycles. The largest absolute Gasteiger partial charge is 0.452 e. The summed E-state index contributed by atoms with van der Waals surface area (Å²) in [7, 11) is 0. The van der Waals surface area contributed by atoms with Crippen LogP contribution >= 0.6 is 27.5 Å². The molecule has 0 fully saturated rings. The van der Waals surface area contributed by atoms with Crippen LogP contribution in [0, 0.1) is 0 Å². The van der Waals surface area contributed by atoms with Gasteiger partial charge >= 0.3 is 0 Å². The summed E-state index contributed by atoms with van der Waals surface area (Å²) >= 11 is 9.15. The Morgan fingerprint density at radius 3 is 2.63 bits per heavy atom. The van der Waals surface area contributed by atoms with Gasteiger partial charge in [-0.3, -0.25) is 4.79 Å². The van der Waals surface area contributed by atoms with Crippen LogP contribution in [0.1, 0.15) is 22.8 Å². The molecular formula is C14H13BrClNO2. The van der Waals surface area contributed by atoms with Gasteiger partial charge in [-0.05, 0) is 48.7 Å². The van der Waals surface area contributed by atoms with Gasteiger partial charge in [0.25, 0.3) is 5.91 Å². The van der Waals surface area contributed by atoms with Gasteiger partial charge in [0.05, 0.1) is 11.8 Å². The maximum Gasteiger partial charge on any atom is 0.256 e. The SMILES string of the molecule is CC(Cc1ccc(Br)cc1)NC(=O)c1ccoc1Cl. The zero-order valence-corrected chi connectivity index (χ0v) is 12.7. The fourth-order valence-electron chi connectivity index (χ4n) is 1.78. The molecule has 0 saturated carbocycles. The minimum atomic E-state index is -0.219. The molecule has 100 valence electrons. The van der Waals surface area contributed by atoms with Crippen LogP contribution in [-0.4, -0.2) is 11.9 Å². The first kappa shape index (κ1) is 14.2. The Kier molecular flexibility index (Phi) is 4.66. The number of carbonyl (C=O) groups is 1. The van der Waals surface area contributed by atoms with Crippen molar-refractivity contribution in [2.75, 3.05) is 0 Å². The smallest absolute Gasteiger partial charge is 0.256 e. The number of benzene rings is 1. The Balaban J connectivity index is 1.94. The molecule has 0 aliphatic heterocycles. The molecule has 1 amide bonds. The van der Waals surface area contributed by atoms with Gasteiger partial charge in [0.1, 0.15) is 0 Å². The van der Waals surface area contributed by atoms with Gasteiger partial charge in [0.2, 0.25) is 5.22 Å². The van der Waals surface area contributed by atoms with E-state index >= 15 is 0 Å². The normalized spacial score (nSPS) is 12.2. The van der Waals surface area contributed by atoms with Crippen LogP contribution in [0.25, 0.3) is 0 Å². The van der Waals surface area contributed by atoms with Crippen LogP contribution in [0.4, 0.5) is 0 Å². The minimum absolute atomic E-state index is 0.0136. The summed E-state index contributed by atoms with van der Waals surface area (Å²) in [5.74, 6) is -0.219. The number of hydrogen-bond acceptors (Lipinski definition) is 2. The molecule has 1 N–H and O–H groups in total. The van der Waals surface area contributed by atoms with Crippen LogP contribution in [0.15, 0.2) is 45.5 Å². The average Bonchev–Trinajstić information content (AvgIpc) is 2.78. The van der Waals surface area contributed by atoms with E-state index in [-0.39, 0.29) is 17.2 Å². The van der Waals surface area contributed by atoms with Crippen molar-refractivity contribution in [3.63, 3.8) is 0 Å². The van der Waals surface area contributed by atoms with Crippen LogP contribution in [0.3, 0.4) is 0 Å². The van der Waals surface area contributed by atoms with Gasteiger partial charge in [-0.2, -0.15) is 0 Å². The monoisotopic (exact) mass is 341 g/mol. The van der Waals surface area contributed by atoms with Crippen molar-refractivity contribution in [2.24, 2.45) is 0 Å². The summed E-state index contributed by atoms with van der Waals surface area (Å²) < 4.78 is 5.94. The number of amides is 1. The molecule has 3 nitrogen and oxygen atoms in total. The van der Waals surface area contributed by atoms with Gasteiger partial charge in [0, 0.05) is 10.5 Å². The predicted octanol–water partition coefficient (Wildman–Crippen LogP) is 4.06. The fourth-order valence-corrected chi connectivity index (χ4v) is 2.25. The van der Waals surface area contributed by atoms with Crippen molar-refractivity contribution >= 4 is 33.4 Å². The van der Waals surface area contributed by atoms with Crippen LogP contribution in [0.5, 0.6) is 0 Å². The second kappa shape index (κ2) is 6.26. The second-order valence-electron chi connectivity index (χ2n) is 4.31. The molecule has 2 rings (SSSR count). The van der Waals surface area contributed by atoms with E-state index in [2.05, 4.69) is 21.2 Å². The molecule has 0 radical (unpaired) electrons. The first-order chi connectivity index (χ1) is 9.06. The molecule has 0 spiro atoms. The van der Waals surface area contributed by atoms with E-state index in [0.29, 0.717) is 5.56 Å². The zero-order chi connectivity index (χ0) is 13.8. The Hall–Kier alpha value is -1.26. The third-order valence-electron chi connectivity index (χ3n) is 2.70. The van der Waals surface area contributed by atoms with Crippen molar-refractivity contribution in [1.29, 1.82) is 0 Å². The maximum atomic E-state index is 11.9. The molecule has 19 heavy (non-hydrogen) atoms. The molecule has 1 unspecified atom stereocenters. The van der Waals surface area contributed by atoms with E-state index in [1.54, 1.807) is 6.07 Å². The first-order valence-electron chi connectivity index (χ1n) is 5.84. The van der Waals surface area contributed by atoms with Crippen molar-refractivity contribution in [2.45, 2.75) is 19.4 Å². The summed E-state index contributed by atoms with van der Waals surface area (Å²) in [5, 5.41) is 3.01. The lowest BCUT2D eigenvalue weighted by Crippen LogP contribution is -2.34. The van der Waals surface area contributed by atoms with Gasteiger partial charge in [0.15, 0.2) is 0 Å². The van der Waals surface area contributed by atoms with E-state index in [9.17, 15) is 4.79 Å². The molecule has 0 aliphatic carbocycles. The summed E-state index contributed by atoms with van der Waals surface area (Å²) in [6.07, 6.45) is 2.16. The van der Waals surface area contributed by atoms with Crippen LogP contribution in [-0.2, 0) is 6.42 Å². The van der Waals surface area contributed by atoms with E-state index in [1.807, 2.05) is 31.2 Å². The third kappa shape index (κ3) is 3.85. The minimum Gasteiger partial charge on any atom is -0.452 e. The molecule has 2 aromatic rings. The maximum absolute atomic E-state index is 11.9. The first-order valence-corrected chi connectivity index (χ1v) is 7.01. The highest BCUT2D eigenvalue weighted by atomic mass is 79.9. The highest BCUT2D eigenvalue weighted by Crippen LogP contribution is 2.17. The number of nitrogens with one attached hydrogen (secondary N) is 1. The molecule has 5 heteroatoms. The quantitative estimate of drug-likeness (QED) is 0.910. The molecule has 0 bridgehead atoms. The lowest BCUT2D eigenvalue weighted by Gasteiger charge is -2.13. The standard InChI is InChI=1S/C14H13BrClNO2/c1-9(8-10-2-4-11(15)5-3-10)17-14(18)12-6-7-19-13(12)16/h2-7,9H,8H2,1H3,(H,17,18). The van der Waals surface area contributed by atoms with Gasteiger partial charge in [-0.15, -0.1) is 0 Å². The Labute approximate surface area is 125 Å². The number of hydrogen-bond donors (Lipinski definition) is 1. The van der Waals surface area contributed by atoms with Gasteiger partial charge < -0.3 is 9.73 Å². The van der Waals surface area contributed by atoms with Crippen LogP contribution in [0.2, 0.25) is 5.22 Å². The van der Waals surface area contributed by atoms with E-state index in [4.69, 9.17) is 16.0 Å². The van der Waals surface area contributed by atoms with E-state index in [0.717, 1.165) is 16.5 Å². The van der Waals surface area contributed by atoms with Gasteiger partial charge in [-0.25, -0.2) is 0 Å². The zero-order valence-electron chi connectivity index (χ0n) is 10.3. The van der Waals surface area contributed by atoms with E-state index < -0.39 is 0 Å². The van der Waals surface area contributed by atoms with Gasteiger partial charge in [-0.1, -0.05) is 28.1 Å².